The van der Waals surface area contributed by atoms with Crippen LogP contribution in [0.15, 0.2) is 48.5 Å². The second-order valence-corrected chi connectivity index (χ2v) is 8.75. The molecule has 2 amide bonds. The van der Waals surface area contributed by atoms with Crippen molar-refractivity contribution in [2.75, 3.05) is 13.1 Å². The maximum Gasteiger partial charge on any atom is 0.254 e. The topological polar surface area (TPSA) is 40.6 Å². The lowest BCUT2D eigenvalue weighted by Gasteiger charge is -2.44. The molecule has 0 spiro atoms. The maximum absolute atomic E-state index is 13.9. The van der Waals surface area contributed by atoms with Gasteiger partial charge in [0, 0.05) is 24.7 Å². The number of hydrogen-bond donors (Lipinski definition) is 0. The molecule has 2 heterocycles. The maximum atomic E-state index is 13.9. The third kappa shape index (κ3) is 3.25. The Labute approximate surface area is 172 Å². The summed E-state index contributed by atoms with van der Waals surface area (Å²) < 4.78 is 0. The average Bonchev–Trinajstić information content (AvgIpc) is 3.59. The third-order valence-corrected chi connectivity index (χ3v) is 6.63. The van der Waals surface area contributed by atoms with Crippen molar-refractivity contribution in [3.05, 3.63) is 70.8 Å². The number of rotatable bonds is 3. The fourth-order valence-electron chi connectivity index (χ4n) is 5.09. The first kappa shape index (κ1) is 18.4. The van der Waals surface area contributed by atoms with Crippen molar-refractivity contribution in [1.82, 2.24) is 9.80 Å². The molecule has 2 aromatic rings. The number of amides is 2. The summed E-state index contributed by atoms with van der Waals surface area (Å²) in [5.41, 5.74) is 3.85. The Balaban J connectivity index is 1.66. The van der Waals surface area contributed by atoms with Gasteiger partial charge in [-0.3, -0.25) is 9.59 Å². The summed E-state index contributed by atoms with van der Waals surface area (Å²) in [6.07, 6.45) is 5.39. The number of carbonyl (C=O) groups excluding carboxylic acids is 2. The highest BCUT2D eigenvalue weighted by Gasteiger charge is 2.49. The van der Waals surface area contributed by atoms with Crippen molar-refractivity contribution < 1.29 is 9.59 Å². The molecule has 4 nitrogen and oxygen atoms in total. The van der Waals surface area contributed by atoms with E-state index in [1.165, 1.54) is 6.42 Å². The summed E-state index contributed by atoms with van der Waals surface area (Å²) in [6.45, 7) is 3.73. The molecule has 3 aliphatic rings. The second kappa shape index (κ2) is 7.33. The number of likely N-dealkylation sites (tertiary alicyclic amines) is 1. The molecule has 5 rings (SSSR count). The van der Waals surface area contributed by atoms with Gasteiger partial charge in [0.2, 0.25) is 5.91 Å². The molecule has 0 aromatic heterocycles. The number of piperidine rings is 1. The SMILES string of the molecule is Cc1cccc([C@H]2[C@@H](C(=O)N3CCCCC3)c3ccccc3C(=O)N2C2CC2)c1. The highest BCUT2D eigenvalue weighted by atomic mass is 16.2. The zero-order chi connectivity index (χ0) is 20.0. The monoisotopic (exact) mass is 388 g/mol. The van der Waals surface area contributed by atoms with Crippen molar-refractivity contribution in [3.8, 4) is 0 Å². The molecule has 29 heavy (non-hydrogen) atoms. The number of benzene rings is 2. The van der Waals surface area contributed by atoms with Crippen molar-refractivity contribution in [1.29, 1.82) is 0 Å². The lowest BCUT2D eigenvalue weighted by molar-refractivity contribution is -0.135. The van der Waals surface area contributed by atoms with Crippen molar-refractivity contribution in [2.24, 2.45) is 0 Å². The standard InChI is InChI=1S/C25H28N2O2/c1-17-8-7-9-18(16-17)23-22(25(29)26-14-5-2-6-15-26)20-10-3-4-11-21(20)24(28)27(23)19-12-13-19/h3-4,7-11,16,19,22-23H,2,5-6,12-15H2,1H3/t22-,23-/m0/s1. The van der Waals surface area contributed by atoms with Crippen LogP contribution in [0.5, 0.6) is 0 Å². The predicted octanol–water partition coefficient (Wildman–Crippen LogP) is 4.45. The Bertz CT molecular complexity index is 943. The van der Waals surface area contributed by atoms with E-state index in [0.29, 0.717) is 5.56 Å². The van der Waals surface area contributed by atoms with Gasteiger partial charge in [0.25, 0.3) is 5.91 Å². The molecule has 0 bridgehead atoms. The zero-order valence-corrected chi connectivity index (χ0v) is 17.0. The first-order valence-electron chi connectivity index (χ1n) is 10.9. The first-order chi connectivity index (χ1) is 14.1. The van der Waals surface area contributed by atoms with E-state index in [2.05, 4.69) is 25.1 Å². The number of fused-ring (bicyclic) bond motifs is 1. The number of aryl methyl sites for hydroxylation is 1. The normalized spacial score (nSPS) is 24.4. The molecule has 0 radical (unpaired) electrons. The van der Waals surface area contributed by atoms with Crippen LogP contribution >= 0.6 is 0 Å². The Morgan fingerprint density at radius 3 is 2.45 bits per heavy atom. The van der Waals surface area contributed by atoms with Crippen LogP contribution in [-0.4, -0.2) is 40.7 Å². The minimum absolute atomic E-state index is 0.0808. The quantitative estimate of drug-likeness (QED) is 0.779. The zero-order valence-electron chi connectivity index (χ0n) is 17.0. The summed E-state index contributed by atoms with van der Waals surface area (Å²) in [5, 5.41) is 0. The van der Waals surface area contributed by atoms with E-state index >= 15 is 0 Å². The predicted molar refractivity (Wildman–Crippen MR) is 113 cm³/mol. The molecule has 2 aliphatic heterocycles. The Morgan fingerprint density at radius 2 is 1.72 bits per heavy atom. The Morgan fingerprint density at radius 1 is 0.966 bits per heavy atom. The second-order valence-electron chi connectivity index (χ2n) is 8.75. The van der Waals surface area contributed by atoms with E-state index in [4.69, 9.17) is 0 Å². The number of nitrogens with zero attached hydrogens (tertiary/aromatic N) is 2. The van der Waals surface area contributed by atoms with Gasteiger partial charge in [-0.25, -0.2) is 0 Å². The smallest absolute Gasteiger partial charge is 0.254 e. The molecule has 2 atom stereocenters. The number of carbonyl (C=O) groups is 2. The fraction of sp³-hybridized carbons (Fsp3) is 0.440. The molecule has 0 N–H and O–H groups in total. The van der Waals surface area contributed by atoms with Crippen LogP contribution in [-0.2, 0) is 4.79 Å². The molecular formula is C25H28N2O2. The highest BCUT2D eigenvalue weighted by Crippen LogP contribution is 2.48. The van der Waals surface area contributed by atoms with Crippen LogP contribution in [0.3, 0.4) is 0 Å². The summed E-state index contributed by atoms with van der Waals surface area (Å²) in [4.78, 5) is 31.4. The van der Waals surface area contributed by atoms with E-state index in [1.807, 2.05) is 40.1 Å². The molecule has 1 aliphatic carbocycles. The molecule has 4 heteroatoms. The minimum atomic E-state index is -0.329. The molecule has 2 fully saturated rings. The van der Waals surface area contributed by atoms with Gasteiger partial charge >= 0.3 is 0 Å². The van der Waals surface area contributed by atoms with Crippen LogP contribution in [0.1, 0.15) is 71.1 Å². The Hall–Kier alpha value is -2.62. The molecule has 1 saturated carbocycles. The summed E-state index contributed by atoms with van der Waals surface area (Å²) in [6, 6.07) is 16.1. The highest BCUT2D eigenvalue weighted by molar-refractivity contribution is 6.01. The van der Waals surface area contributed by atoms with E-state index < -0.39 is 0 Å². The summed E-state index contributed by atoms with van der Waals surface area (Å²) >= 11 is 0. The molecular weight excluding hydrogens is 360 g/mol. The minimum Gasteiger partial charge on any atom is -0.342 e. The number of hydrogen-bond acceptors (Lipinski definition) is 2. The van der Waals surface area contributed by atoms with Crippen LogP contribution in [0.2, 0.25) is 0 Å². The fourth-order valence-corrected chi connectivity index (χ4v) is 5.09. The van der Waals surface area contributed by atoms with Gasteiger partial charge < -0.3 is 9.80 Å². The van der Waals surface area contributed by atoms with Crippen LogP contribution < -0.4 is 0 Å². The largest absolute Gasteiger partial charge is 0.342 e. The van der Waals surface area contributed by atoms with E-state index in [-0.39, 0.29) is 29.8 Å². The van der Waals surface area contributed by atoms with Gasteiger partial charge in [0.1, 0.15) is 0 Å². The molecule has 2 aromatic carbocycles. The van der Waals surface area contributed by atoms with Gasteiger partial charge in [0.15, 0.2) is 0 Å². The molecule has 0 unspecified atom stereocenters. The first-order valence-corrected chi connectivity index (χ1v) is 10.9. The molecule has 150 valence electrons. The van der Waals surface area contributed by atoms with Gasteiger partial charge in [-0.05, 0) is 56.2 Å². The molecule has 1 saturated heterocycles. The van der Waals surface area contributed by atoms with Crippen molar-refractivity contribution >= 4 is 11.8 Å². The van der Waals surface area contributed by atoms with Gasteiger partial charge in [-0.1, -0.05) is 48.0 Å². The van der Waals surface area contributed by atoms with Crippen LogP contribution in [0.4, 0.5) is 0 Å². The summed E-state index contributed by atoms with van der Waals surface area (Å²) in [7, 11) is 0. The van der Waals surface area contributed by atoms with E-state index in [1.54, 1.807) is 0 Å². The van der Waals surface area contributed by atoms with Gasteiger partial charge in [0.05, 0.1) is 12.0 Å². The van der Waals surface area contributed by atoms with Crippen molar-refractivity contribution in [3.63, 3.8) is 0 Å². The third-order valence-electron chi connectivity index (χ3n) is 6.63. The van der Waals surface area contributed by atoms with E-state index in [9.17, 15) is 9.59 Å². The summed E-state index contributed by atoms with van der Waals surface area (Å²) in [5.74, 6) is -0.0662. The Kier molecular flexibility index (Phi) is 4.65. The van der Waals surface area contributed by atoms with Crippen LogP contribution in [0, 0.1) is 6.92 Å². The van der Waals surface area contributed by atoms with E-state index in [0.717, 1.165) is 55.5 Å². The van der Waals surface area contributed by atoms with Crippen molar-refractivity contribution in [2.45, 2.75) is 57.0 Å². The van der Waals surface area contributed by atoms with Gasteiger partial charge in [-0.15, -0.1) is 0 Å². The average molecular weight is 389 g/mol. The lowest BCUT2D eigenvalue weighted by atomic mass is 9.78. The lowest BCUT2D eigenvalue weighted by Crippen LogP contribution is -2.50. The van der Waals surface area contributed by atoms with Gasteiger partial charge in [-0.2, -0.15) is 0 Å². The van der Waals surface area contributed by atoms with Crippen LogP contribution in [0.25, 0.3) is 0 Å².